The van der Waals surface area contributed by atoms with E-state index in [1.807, 2.05) is 54.6 Å². The summed E-state index contributed by atoms with van der Waals surface area (Å²) in [6.07, 6.45) is 0.548. The maximum Gasteiger partial charge on any atom is 0.227 e. The van der Waals surface area contributed by atoms with Crippen LogP contribution in [0.1, 0.15) is 34.0 Å². The summed E-state index contributed by atoms with van der Waals surface area (Å²) in [4.78, 5) is 18.6. The Morgan fingerprint density at radius 1 is 0.878 bits per heavy atom. The van der Waals surface area contributed by atoms with Gasteiger partial charge in [0, 0.05) is 34.8 Å². The summed E-state index contributed by atoms with van der Waals surface area (Å²) in [5.41, 5.74) is 3.92. The first-order valence-corrected chi connectivity index (χ1v) is 13.3. The molecule has 2 heterocycles. The SMILES string of the molecule is COc1ccc2[nH]c3c(c2c1)CCN(C(=O)Cc1ccc(OCc2ccccc2)cc1)[C@@H]3c1cc(F)c(F)cc1F. The van der Waals surface area contributed by atoms with E-state index in [9.17, 15) is 13.6 Å². The fourth-order valence-corrected chi connectivity index (χ4v) is 5.45. The maximum absolute atomic E-state index is 15.2. The van der Waals surface area contributed by atoms with Crippen LogP contribution in [0, 0.1) is 17.5 Å². The number of fused-ring (bicyclic) bond motifs is 3. The van der Waals surface area contributed by atoms with E-state index in [4.69, 9.17) is 9.47 Å². The van der Waals surface area contributed by atoms with Crippen LogP contribution < -0.4 is 9.47 Å². The summed E-state index contributed by atoms with van der Waals surface area (Å²) >= 11 is 0. The number of aromatic amines is 1. The van der Waals surface area contributed by atoms with Crippen molar-refractivity contribution in [2.45, 2.75) is 25.5 Å². The van der Waals surface area contributed by atoms with Gasteiger partial charge in [-0.3, -0.25) is 4.79 Å². The number of amides is 1. The molecule has 0 unspecified atom stereocenters. The smallest absolute Gasteiger partial charge is 0.227 e. The maximum atomic E-state index is 15.2. The minimum Gasteiger partial charge on any atom is -0.497 e. The second-order valence-electron chi connectivity index (χ2n) is 10.1. The normalized spacial score (nSPS) is 14.6. The van der Waals surface area contributed by atoms with Crippen LogP contribution in [-0.4, -0.2) is 29.4 Å². The van der Waals surface area contributed by atoms with Crippen molar-refractivity contribution in [1.82, 2.24) is 9.88 Å². The molecule has 208 valence electrons. The van der Waals surface area contributed by atoms with Gasteiger partial charge in [0.1, 0.15) is 30.0 Å². The van der Waals surface area contributed by atoms with E-state index in [-0.39, 0.29) is 24.4 Å². The molecule has 1 N–H and O–H groups in total. The number of nitrogens with zero attached hydrogens (tertiary/aromatic N) is 1. The Morgan fingerprint density at radius 2 is 1.61 bits per heavy atom. The lowest BCUT2D eigenvalue weighted by atomic mass is 9.91. The van der Waals surface area contributed by atoms with Gasteiger partial charge >= 0.3 is 0 Å². The van der Waals surface area contributed by atoms with Gasteiger partial charge in [-0.1, -0.05) is 42.5 Å². The van der Waals surface area contributed by atoms with Gasteiger partial charge in [-0.25, -0.2) is 13.2 Å². The van der Waals surface area contributed by atoms with Crippen molar-refractivity contribution in [3.63, 3.8) is 0 Å². The van der Waals surface area contributed by atoms with Crippen LogP contribution >= 0.6 is 0 Å². The molecular weight excluding hydrogens is 529 g/mol. The molecule has 41 heavy (non-hydrogen) atoms. The summed E-state index contributed by atoms with van der Waals surface area (Å²) in [5.74, 6) is -2.32. The van der Waals surface area contributed by atoms with Crippen molar-refractivity contribution < 1.29 is 27.4 Å². The van der Waals surface area contributed by atoms with Crippen LogP contribution in [0.3, 0.4) is 0 Å². The van der Waals surface area contributed by atoms with Crippen molar-refractivity contribution in [2.24, 2.45) is 0 Å². The van der Waals surface area contributed by atoms with Crippen LogP contribution in [0.4, 0.5) is 13.2 Å². The molecule has 0 fully saturated rings. The zero-order chi connectivity index (χ0) is 28.5. The number of methoxy groups -OCH3 is 1. The predicted molar refractivity (Wildman–Crippen MR) is 149 cm³/mol. The highest BCUT2D eigenvalue weighted by Gasteiger charge is 2.36. The van der Waals surface area contributed by atoms with Crippen LogP contribution in [-0.2, 0) is 24.2 Å². The van der Waals surface area contributed by atoms with Crippen molar-refractivity contribution in [2.75, 3.05) is 13.7 Å². The number of rotatable bonds is 7. The predicted octanol–water partition coefficient (Wildman–Crippen LogP) is 6.89. The monoisotopic (exact) mass is 556 g/mol. The largest absolute Gasteiger partial charge is 0.497 e. The highest BCUT2D eigenvalue weighted by molar-refractivity contribution is 5.88. The van der Waals surface area contributed by atoms with Gasteiger partial charge in [-0.05, 0) is 59.5 Å². The molecule has 0 spiro atoms. The second kappa shape index (κ2) is 11.0. The third-order valence-electron chi connectivity index (χ3n) is 7.52. The molecule has 1 atom stereocenters. The fraction of sp³-hybridized carbons (Fsp3) is 0.182. The van der Waals surface area contributed by atoms with E-state index < -0.39 is 23.5 Å². The summed E-state index contributed by atoms with van der Waals surface area (Å²) in [6, 6.07) is 23.0. The van der Waals surface area contributed by atoms with E-state index in [0.717, 1.165) is 33.7 Å². The molecule has 1 aromatic heterocycles. The van der Waals surface area contributed by atoms with E-state index in [1.54, 1.807) is 25.3 Å². The van der Waals surface area contributed by atoms with E-state index in [2.05, 4.69) is 4.98 Å². The molecule has 8 heteroatoms. The van der Waals surface area contributed by atoms with Gasteiger partial charge in [0.2, 0.25) is 5.91 Å². The molecule has 0 radical (unpaired) electrons. The molecular formula is C33H27F3N2O3. The molecule has 0 aliphatic carbocycles. The van der Waals surface area contributed by atoms with Crippen molar-refractivity contribution in [3.05, 3.63) is 130 Å². The van der Waals surface area contributed by atoms with Crippen molar-refractivity contribution >= 4 is 16.8 Å². The standard InChI is InChI=1S/C33H27F3N2O3/c1-40-23-11-12-30-25(16-23)24-13-14-38(33(32(24)37-30)26-17-28(35)29(36)18-27(26)34)31(39)15-20-7-9-22(10-8-20)41-19-21-5-3-2-4-6-21/h2-12,16-18,33,37H,13-15,19H2,1H3/t33-/m1/s1. The molecule has 4 aromatic carbocycles. The molecule has 0 saturated carbocycles. The lowest BCUT2D eigenvalue weighted by Gasteiger charge is -2.36. The number of benzene rings is 4. The summed E-state index contributed by atoms with van der Waals surface area (Å²) in [6.45, 7) is 0.699. The summed E-state index contributed by atoms with van der Waals surface area (Å²) in [7, 11) is 1.57. The lowest BCUT2D eigenvalue weighted by molar-refractivity contribution is -0.132. The van der Waals surface area contributed by atoms with Crippen LogP contribution in [0.25, 0.3) is 10.9 Å². The second-order valence-corrected chi connectivity index (χ2v) is 10.1. The minimum absolute atomic E-state index is 0.0458. The van der Waals surface area contributed by atoms with Crippen LogP contribution in [0.15, 0.2) is 84.9 Å². The van der Waals surface area contributed by atoms with Gasteiger partial charge in [0.05, 0.1) is 13.5 Å². The topological polar surface area (TPSA) is 54.6 Å². The molecule has 1 aliphatic rings. The zero-order valence-electron chi connectivity index (χ0n) is 22.3. The van der Waals surface area contributed by atoms with Crippen molar-refractivity contribution in [1.29, 1.82) is 0 Å². The number of hydrogen-bond donors (Lipinski definition) is 1. The molecule has 1 amide bonds. The third-order valence-corrected chi connectivity index (χ3v) is 7.52. The number of H-pyrrole nitrogens is 1. The van der Waals surface area contributed by atoms with Crippen molar-refractivity contribution in [3.8, 4) is 11.5 Å². The highest BCUT2D eigenvalue weighted by Crippen LogP contribution is 2.41. The van der Waals surface area contributed by atoms with Gasteiger partial charge < -0.3 is 19.4 Å². The first-order valence-electron chi connectivity index (χ1n) is 13.3. The van der Waals surface area contributed by atoms with Gasteiger partial charge in [-0.15, -0.1) is 0 Å². The molecule has 1 aliphatic heterocycles. The van der Waals surface area contributed by atoms with Gasteiger partial charge in [0.25, 0.3) is 0 Å². The molecule has 5 aromatic rings. The zero-order valence-corrected chi connectivity index (χ0v) is 22.3. The highest BCUT2D eigenvalue weighted by atomic mass is 19.2. The fourth-order valence-electron chi connectivity index (χ4n) is 5.45. The van der Waals surface area contributed by atoms with Crippen LogP contribution in [0.5, 0.6) is 11.5 Å². The Bertz CT molecular complexity index is 1720. The van der Waals surface area contributed by atoms with E-state index in [0.29, 0.717) is 36.3 Å². The number of halogens is 3. The Labute approximate surface area is 235 Å². The van der Waals surface area contributed by atoms with Gasteiger partial charge in [0.15, 0.2) is 11.6 Å². The Morgan fingerprint density at radius 3 is 2.37 bits per heavy atom. The van der Waals surface area contributed by atoms with Crippen LogP contribution in [0.2, 0.25) is 0 Å². The summed E-state index contributed by atoms with van der Waals surface area (Å²) < 4.78 is 54.7. The van der Waals surface area contributed by atoms with Gasteiger partial charge in [-0.2, -0.15) is 0 Å². The molecule has 6 rings (SSSR count). The lowest BCUT2D eigenvalue weighted by Crippen LogP contribution is -2.41. The van der Waals surface area contributed by atoms with E-state index >= 15 is 4.39 Å². The molecule has 0 bridgehead atoms. The summed E-state index contributed by atoms with van der Waals surface area (Å²) in [5, 5.41) is 0.880. The van der Waals surface area contributed by atoms with E-state index in [1.165, 1.54) is 4.90 Å². The first kappa shape index (κ1) is 26.5. The number of nitrogens with one attached hydrogen (secondary N) is 1. The Balaban J connectivity index is 1.29. The number of ether oxygens (including phenoxy) is 2. The number of aromatic nitrogens is 1. The minimum atomic E-state index is -1.28. The first-order chi connectivity index (χ1) is 19.9. The Hall–Kier alpha value is -4.72. The number of carbonyl (C=O) groups excluding carboxylic acids is 1. The number of hydrogen-bond acceptors (Lipinski definition) is 3. The number of carbonyl (C=O) groups is 1. The average molecular weight is 557 g/mol. The average Bonchev–Trinajstić information content (AvgIpc) is 3.36. The third kappa shape index (κ3) is 5.25. The quantitative estimate of drug-likeness (QED) is 0.222. The molecule has 5 nitrogen and oxygen atoms in total. The Kier molecular flexibility index (Phi) is 7.14. The molecule has 0 saturated heterocycles.